The van der Waals surface area contributed by atoms with Gasteiger partial charge in [0.1, 0.15) is 17.3 Å². The molecule has 176 valence electrons. The molecule has 0 radical (unpaired) electrons. The molecule has 7 nitrogen and oxygen atoms in total. The van der Waals surface area contributed by atoms with E-state index in [1.807, 2.05) is 57.1 Å². The van der Waals surface area contributed by atoms with Crippen molar-refractivity contribution in [2.45, 2.75) is 26.3 Å². The minimum Gasteiger partial charge on any atom is -0.507 e. The molecule has 1 heterocycles. The molecule has 1 saturated heterocycles. The topological polar surface area (TPSA) is 79.3 Å². The summed E-state index contributed by atoms with van der Waals surface area (Å²) in [7, 11) is 3.92. The zero-order valence-corrected chi connectivity index (χ0v) is 19.7. The van der Waals surface area contributed by atoms with Crippen molar-refractivity contribution in [1.29, 1.82) is 0 Å². The smallest absolute Gasteiger partial charge is 0.295 e. The van der Waals surface area contributed by atoms with Gasteiger partial charge in [-0.2, -0.15) is 0 Å². The molecule has 0 spiro atoms. The molecule has 1 unspecified atom stereocenters. The number of benzene rings is 2. The fraction of sp³-hybridized carbons (Fsp3) is 0.385. The number of hydrogen-bond donors (Lipinski definition) is 1. The van der Waals surface area contributed by atoms with Crippen LogP contribution in [0.5, 0.6) is 11.5 Å². The number of likely N-dealkylation sites (tertiary alicyclic amines) is 1. The van der Waals surface area contributed by atoms with Crippen LogP contribution >= 0.6 is 0 Å². The Hall–Kier alpha value is -3.32. The zero-order valence-electron chi connectivity index (χ0n) is 19.7. The predicted molar refractivity (Wildman–Crippen MR) is 127 cm³/mol. The zero-order chi connectivity index (χ0) is 24.0. The van der Waals surface area contributed by atoms with Gasteiger partial charge in [-0.05, 0) is 70.7 Å². The minimum absolute atomic E-state index is 0.0858. The van der Waals surface area contributed by atoms with E-state index in [-0.39, 0.29) is 11.3 Å². The first kappa shape index (κ1) is 24.3. The van der Waals surface area contributed by atoms with Crippen molar-refractivity contribution in [2.75, 3.05) is 40.4 Å². The van der Waals surface area contributed by atoms with E-state index < -0.39 is 17.7 Å². The molecule has 33 heavy (non-hydrogen) atoms. The van der Waals surface area contributed by atoms with Crippen LogP contribution in [0.2, 0.25) is 0 Å². The maximum absolute atomic E-state index is 13.1. The fourth-order valence-electron chi connectivity index (χ4n) is 3.98. The molecular weight excluding hydrogens is 420 g/mol. The number of aliphatic hydroxyl groups excluding tert-OH is 1. The Kier molecular flexibility index (Phi) is 8.11. The lowest BCUT2D eigenvalue weighted by Crippen LogP contribution is -2.32. The van der Waals surface area contributed by atoms with Gasteiger partial charge in [0.2, 0.25) is 0 Å². The van der Waals surface area contributed by atoms with Gasteiger partial charge in [0.25, 0.3) is 11.7 Å². The highest BCUT2D eigenvalue weighted by atomic mass is 16.5. The van der Waals surface area contributed by atoms with Gasteiger partial charge in [-0.25, -0.2) is 0 Å². The van der Waals surface area contributed by atoms with Crippen molar-refractivity contribution in [1.82, 2.24) is 9.80 Å². The van der Waals surface area contributed by atoms with E-state index in [4.69, 9.17) is 9.47 Å². The molecule has 1 amide bonds. The SMILES string of the molecule is CCOc1ccc(C2/C(=C(/O)c3cccc(OCC)c3)C(=O)C(=O)N2CCCN(C)C)cc1. The Morgan fingerprint density at radius 1 is 1.00 bits per heavy atom. The van der Waals surface area contributed by atoms with Crippen LogP contribution in [0.25, 0.3) is 5.76 Å². The van der Waals surface area contributed by atoms with Gasteiger partial charge in [0.05, 0.1) is 24.8 Å². The van der Waals surface area contributed by atoms with E-state index in [1.54, 1.807) is 29.2 Å². The lowest BCUT2D eigenvalue weighted by molar-refractivity contribution is -0.139. The summed E-state index contributed by atoms with van der Waals surface area (Å²) in [6, 6.07) is 13.5. The molecule has 0 bridgehead atoms. The van der Waals surface area contributed by atoms with Crippen LogP contribution in [0, 0.1) is 0 Å². The maximum atomic E-state index is 13.1. The second-order valence-corrected chi connectivity index (χ2v) is 8.11. The van der Waals surface area contributed by atoms with E-state index in [0.717, 1.165) is 12.1 Å². The summed E-state index contributed by atoms with van der Waals surface area (Å²) in [5, 5.41) is 11.2. The highest BCUT2D eigenvalue weighted by molar-refractivity contribution is 6.46. The lowest BCUT2D eigenvalue weighted by atomic mass is 9.95. The third kappa shape index (κ3) is 5.54. The molecule has 0 aromatic heterocycles. The number of aliphatic hydroxyl groups is 1. The molecule has 7 heteroatoms. The highest BCUT2D eigenvalue weighted by Crippen LogP contribution is 2.40. The standard InChI is InChI=1S/C26H32N2O5/c1-5-32-20-13-11-18(12-14-20)23-22(24(29)19-9-7-10-21(17-19)33-6-2)25(30)26(31)28(23)16-8-15-27(3)4/h7,9-14,17,23,29H,5-6,8,15-16H2,1-4H3/b24-22-. The molecule has 0 saturated carbocycles. The number of amides is 1. The lowest BCUT2D eigenvalue weighted by Gasteiger charge is -2.26. The van der Waals surface area contributed by atoms with Crippen LogP contribution in [0.15, 0.2) is 54.1 Å². The molecule has 2 aromatic carbocycles. The van der Waals surface area contributed by atoms with Crippen molar-refractivity contribution in [3.63, 3.8) is 0 Å². The van der Waals surface area contributed by atoms with E-state index in [2.05, 4.69) is 0 Å². The van der Waals surface area contributed by atoms with Crippen LogP contribution in [0.4, 0.5) is 0 Å². The van der Waals surface area contributed by atoms with Crippen molar-refractivity contribution in [3.8, 4) is 11.5 Å². The fourth-order valence-corrected chi connectivity index (χ4v) is 3.98. The number of ether oxygens (including phenoxy) is 2. The summed E-state index contributed by atoms with van der Waals surface area (Å²) in [6.07, 6.45) is 0.702. The minimum atomic E-state index is -0.682. The second-order valence-electron chi connectivity index (χ2n) is 8.11. The summed E-state index contributed by atoms with van der Waals surface area (Å²) in [4.78, 5) is 29.7. The number of Topliss-reactive ketones (excluding diaryl/α,β-unsaturated/α-hetero) is 1. The average molecular weight is 453 g/mol. The Morgan fingerprint density at radius 2 is 1.67 bits per heavy atom. The van der Waals surface area contributed by atoms with E-state index >= 15 is 0 Å². The Labute approximate surface area is 195 Å². The Morgan fingerprint density at radius 3 is 2.30 bits per heavy atom. The quantitative estimate of drug-likeness (QED) is 0.335. The van der Waals surface area contributed by atoms with Crippen LogP contribution < -0.4 is 9.47 Å². The molecule has 1 atom stereocenters. The van der Waals surface area contributed by atoms with E-state index in [0.29, 0.717) is 43.2 Å². The number of ketones is 1. The Bertz CT molecular complexity index is 1010. The van der Waals surface area contributed by atoms with Gasteiger partial charge in [-0.15, -0.1) is 0 Å². The van der Waals surface area contributed by atoms with E-state index in [1.165, 1.54) is 0 Å². The molecular formula is C26H32N2O5. The number of nitrogens with zero attached hydrogens (tertiary/aromatic N) is 2. The first-order valence-corrected chi connectivity index (χ1v) is 11.3. The van der Waals surface area contributed by atoms with Crippen LogP contribution in [0.3, 0.4) is 0 Å². The Balaban J connectivity index is 2.07. The second kappa shape index (κ2) is 11.0. The molecule has 3 rings (SSSR count). The number of carbonyl (C=O) groups excluding carboxylic acids is 2. The average Bonchev–Trinajstić information content (AvgIpc) is 3.04. The number of hydrogen-bond acceptors (Lipinski definition) is 6. The van der Waals surface area contributed by atoms with Gasteiger partial charge < -0.3 is 24.4 Å². The molecule has 0 aliphatic carbocycles. The van der Waals surface area contributed by atoms with Crippen LogP contribution in [-0.2, 0) is 9.59 Å². The molecule has 1 N–H and O–H groups in total. The summed E-state index contributed by atoms with van der Waals surface area (Å²) < 4.78 is 11.1. The number of carbonyl (C=O) groups is 2. The molecule has 1 aliphatic heterocycles. The summed E-state index contributed by atoms with van der Waals surface area (Å²) in [5.74, 6) is -0.202. The summed E-state index contributed by atoms with van der Waals surface area (Å²) in [6.45, 7) is 5.97. The van der Waals surface area contributed by atoms with Gasteiger partial charge in [-0.1, -0.05) is 24.3 Å². The molecule has 1 aliphatic rings. The van der Waals surface area contributed by atoms with Gasteiger partial charge in [0, 0.05) is 12.1 Å². The highest BCUT2D eigenvalue weighted by Gasteiger charge is 2.45. The third-order valence-electron chi connectivity index (χ3n) is 5.47. The largest absolute Gasteiger partial charge is 0.507 e. The van der Waals surface area contributed by atoms with Crippen molar-refractivity contribution in [3.05, 3.63) is 65.2 Å². The maximum Gasteiger partial charge on any atom is 0.295 e. The first-order chi connectivity index (χ1) is 15.9. The van der Waals surface area contributed by atoms with Gasteiger partial charge in [0.15, 0.2) is 0 Å². The van der Waals surface area contributed by atoms with Crippen LogP contribution in [-0.4, -0.2) is 67.0 Å². The van der Waals surface area contributed by atoms with Crippen molar-refractivity contribution >= 4 is 17.4 Å². The third-order valence-corrected chi connectivity index (χ3v) is 5.47. The molecule has 2 aromatic rings. The van der Waals surface area contributed by atoms with Crippen molar-refractivity contribution in [2.24, 2.45) is 0 Å². The molecule has 1 fully saturated rings. The predicted octanol–water partition coefficient (Wildman–Crippen LogP) is 3.86. The van der Waals surface area contributed by atoms with Gasteiger partial charge in [-0.3, -0.25) is 9.59 Å². The van der Waals surface area contributed by atoms with E-state index in [9.17, 15) is 14.7 Å². The summed E-state index contributed by atoms with van der Waals surface area (Å²) >= 11 is 0. The van der Waals surface area contributed by atoms with Crippen LogP contribution in [0.1, 0.15) is 37.4 Å². The van der Waals surface area contributed by atoms with Gasteiger partial charge >= 0.3 is 0 Å². The number of rotatable bonds is 10. The normalized spacial score (nSPS) is 17.6. The summed E-state index contributed by atoms with van der Waals surface area (Å²) in [5.41, 5.74) is 1.26. The monoisotopic (exact) mass is 452 g/mol. The van der Waals surface area contributed by atoms with Crippen molar-refractivity contribution < 1.29 is 24.2 Å². The first-order valence-electron chi connectivity index (χ1n) is 11.3.